The molecule has 2 aliphatic rings. The Bertz CT molecular complexity index is 1010. The van der Waals surface area contributed by atoms with Crippen molar-refractivity contribution < 1.29 is 9.53 Å². The number of pyridine rings is 1. The summed E-state index contributed by atoms with van der Waals surface area (Å²) < 4.78 is 5.62. The maximum absolute atomic E-state index is 11.8. The van der Waals surface area contributed by atoms with Gasteiger partial charge in [-0.05, 0) is 49.9 Å². The van der Waals surface area contributed by atoms with Crippen LogP contribution in [0.2, 0.25) is 0 Å². The number of carbonyl (C=O) groups excluding carboxylic acids is 1. The van der Waals surface area contributed by atoms with E-state index in [1.807, 2.05) is 25.1 Å². The first-order chi connectivity index (χ1) is 14.7. The van der Waals surface area contributed by atoms with Gasteiger partial charge in [0, 0.05) is 41.5 Å². The highest BCUT2D eigenvalue weighted by atomic mass is 16.5. The van der Waals surface area contributed by atoms with Crippen LogP contribution in [0.1, 0.15) is 36.5 Å². The number of allylic oxidation sites excluding steroid dienone is 1. The molecule has 30 heavy (non-hydrogen) atoms. The van der Waals surface area contributed by atoms with Gasteiger partial charge in [0.05, 0.1) is 6.21 Å². The molecule has 4 rings (SSSR count). The fourth-order valence-electron chi connectivity index (χ4n) is 3.04. The monoisotopic (exact) mass is 400 g/mol. The summed E-state index contributed by atoms with van der Waals surface area (Å²) >= 11 is 0. The molecule has 0 spiro atoms. The van der Waals surface area contributed by atoms with Crippen LogP contribution in [0.5, 0.6) is 5.88 Å². The van der Waals surface area contributed by atoms with Crippen molar-refractivity contribution in [3.8, 4) is 17.7 Å². The molecule has 1 fully saturated rings. The Morgan fingerprint density at radius 1 is 1.20 bits per heavy atom. The van der Waals surface area contributed by atoms with Crippen molar-refractivity contribution in [2.24, 2.45) is 10.9 Å². The average molecular weight is 400 g/mol. The van der Waals surface area contributed by atoms with Crippen molar-refractivity contribution in [2.75, 3.05) is 6.67 Å². The van der Waals surface area contributed by atoms with Crippen LogP contribution in [0, 0.1) is 17.8 Å². The number of aromatic nitrogens is 1. The molecule has 6 heteroatoms. The Morgan fingerprint density at radius 2 is 1.97 bits per heavy atom. The quantitative estimate of drug-likeness (QED) is 0.731. The second-order valence-corrected chi connectivity index (χ2v) is 7.54. The predicted octanol–water partition coefficient (Wildman–Crippen LogP) is 2.79. The number of rotatable bonds is 6. The van der Waals surface area contributed by atoms with E-state index in [-0.39, 0.29) is 17.9 Å². The minimum atomic E-state index is 0.133. The smallest absolute Gasteiger partial charge is 0.223 e. The summed E-state index contributed by atoms with van der Waals surface area (Å²) in [5, 5.41) is 6.06. The highest BCUT2D eigenvalue weighted by Crippen LogP contribution is 2.28. The standard InChI is InChI=1S/C24H24N4O2/c1-17(28-24(29)21-9-10-21)12-19-5-2-18(3-6-19)4-7-20-8-11-23(27-13-20)30-22-14-25-16-26-15-22/h2-3,5-6,8,11,13-15,17,21,25H,9-10,12,16H2,1H3,(H,28,29). The third-order valence-electron chi connectivity index (χ3n) is 4.79. The summed E-state index contributed by atoms with van der Waals surface area (Å²) in [6, 6.07) is 11.9. The maximum atomic E-state index is 11.8. The summed E-state index contributed by atoms with van der Waals surface area (Å²) in [7, 11) is 0. The topological polar surface area (TPSA) is 75.6 Å². The lowest BCUT2D eigenvalue weighted by Gasteiger charge is -2.13. The van der Waals surface area contributed by atoms with E-state index in [0.29, 0.717) is 18.3 Å². The molecule has 6 nitrogen and oxygen atoms in total. The third-order valence-corrected chi connectivity index (χ3v) is 4.79. The normalized spacial score (nSPS) is 15.8. The van der Waals surface area contributed by atoms with Gasteiger partial charge in [-0.2, -0.15) is 0 Å². The number of carbonyl (C=O) groups is 1. The van der Waals surface area contributed by atoms with E-state index in [0.717, 1.165) is 30.4 Å². The van der Waals surface area contributed by atoms with Gasteiger partial charge < -0.3 is 15.4 Å². The van der Waals surface area contributed by atoms with Gasteiger partial charge in [0.2, 0.25) is 11.8 Å². The number of amides is 1. The minimum Gasteiger partial charge on any atom is -0.436 e. The first-order valence-corrected chi connectivity index (χ1v) is 10.1. The predicted molar refractivity (Wildman–Crippen MR) is 116 cm³/mol. The fraction of sp³-hybridized carbons (Fsp3) is 0.292. The van der Waals surface area contributed by atoms with Crippen molar-refractivity contribution in [3.05, 3.63) is 71.2 Å². The second kappa shape index (κ2) is 9.27. The molecular weight excluding hydrogens is 376 g/mol. The van der Waals surface area contributed by atoms with Crippen molar-refractivity contribution in [2.45, 2.75) is 32.2 Å². The molecule has 1 amide bonds. The molecule has 0 saturated heterocycles. The van der Waals surface area contributed by atoms with Crippen LogP contribution in [0.25, 0.3) is 0 Å². The number of hydrogen-bond acceptors (Lipinski definition) is 5. The van der Waals surface area contributed by atoms with E-state index in [1.165, 1.54) is 5.56 Å². The van der Waals surface area contributed by atoms with Gasteiger partial charge in [0.1, 0.15) is 6.67 Å². The Balaban J connectivity index is 1.30. The fourth-order valence-corrected chi connectivity index (χ4v) is 3.04. The zero-order valence-electron chi connectivity index (χ0n) is 16.9. The minimum absolute atomic E-state index is 0.133. The van der Waals surface area contributed by atoms with E-state index < -0.39 is 0 Å². The van der Waals surface area contributed by atoms with Crippen molar-refractivity contribution >= 4 is 12.1 Å². The maximum Gasteiger partial charge on any atom is 0.223 e. The van der Waals surface area contributed by atoms with Crippen molar-refractivity contribution in [1.29, 1.82) is 0 Å². The molecule has 1 aromatic heterocycles. The summed E-state index contributed by atoms with van der Waals surface area (Å²) in [4.78, 5) is 20.2. The molecule has 2 aromatic rings. The van der Waals surface area contributed by atoms with Crippen LogP contribution < -0.4 is 15.4 Å². The van der Waals surface area contributed by atoms with Gasteiger partial charge in [-0.25, -0.2) is 4.98 Å². The molecule has 1 aliphatic heterocycles. The lowest BCUT2D eigenvalue weighted by atomic mass is 10.0. The highest BCUT2D eigenvalue weighted by molar-refractivity contribution is 5.81. The summed E-state index contributed by atoms with van der Waals surface area (Å²) in [5.41, 5.74) is 2.93. The molecule has 0 bridgehead atoms. The zero-order chi connectivity index (χ0) is 20.8. The molecule has 1 unspecified atom stereocenters. The van der Waals surface area contributed by atoms with Crippen LogP contribution in [-0.2, 0) is 11.2 Å². The highest BCUT2D eigenvalue weighted by Gasteiger charge is 2.30. The SMILES string of the molecule is CC(Cc1ccc(C#Cc2ccc(OC3=CNCN=C3)nc2)cc1)NC(=O)C1CC1. The van der Waals surface area contributed by atoms with E-state index in [9.17, 15) is 4.79 Å². The number of ether oxygens (including phenoxy) is 1. The van der Waals surface area contributed by atoms with Crippen LogP contribution in [-0.4, -0.2) is 29.8 Å². The molecule has 1 aliphatic carbocycles. The Hall–Kier alpha value is -3.59. The molecule has 1 atom stereocenters. The number of hydrogen-bond donors (Lipinski definition) is 2. The summed E-state index contributed by atoms with van der Waals surface area (Å²) in [5.74, 6) is 7.82. The van der Waals surface area contributed by atoms with E-state index in [4.69, 9.17) is 4.74 Å². The number of nitrogens with one attached hydrogen (secondary N) is 2. The first-order valence-electron chi connectivity index (χ1n) is 10.1. The summed E-state index contributed by atoms with van der Waals surface area (Å²) in [6.07, 6.45) is 7.98. The van der Waals surface area contributed by atoms with Gasteiger partial charge in [0.15, 0.2) is 5.76 Å². The van der Waals surface area contributed by atoms with Gasteiger partial charge in [-0.3, -0.25) is 9.79 Å². The molecule has 152 valence electrons. The van der Waals surface area contributed by atoms with Crippen molar-refractivity contribution in [1.82, 2.24) is 15.6 Å². The van der Waals surface area contributed by atoms with Crippen molar-refractivity contribution in [3.63, 3.8) is 0 Å². The molecule has 0 radical (unpaired) electrons. The third kappa shape index (κ3) is 5.71. The Labute approximate surface area is 176 Å². The van der Waals surface area contributed by atoms with Gasteiger partial charge in [0.25, 0.3) is 0 Å². The van der Waals surface area contributed by atoms with Gasteiger partial charge in [-0.15, -0.1) is 0 Å². The molecule has 2 N–H and O–H groups in total. The lowest BCUT2D eigenvalue weighted by Crippen LogP contribution is -2.35. The largest absolute Gasteiger partial charge is 0.436 e. The number of nitrogens with zero attached hydrogens (tertiary/aromatic N) is 2. The van der Waals surface area contributed by atoms with Crippen LogP contribution in [0.3, 0.4) is 0 Å². The van der Waals surface area contributed by atoms with Crippen LogP contribution in [0.15, 0.2) is 59.5 Å². The Kier molecular flexibility index (Phi) is 6.09. The van der Waals surface area contributed by atoms with Crippen LogP contribution in [0.4, 0.5) is 0 Å². The molecule has 2 heterocycles. The zero-order valence-corrected chi connectivity index (χ0v) is 16.9. The lowest BCUT2D eigenvalue weighted by molar-refractivity contribution is -0.122. The number of benzene rings is 1. The van der Waals surface area contributed by atoms with Crippen LogP contribution >= 0.6 is 0 Å². The Morgan fingerprint density at radius 3 is 2.63 bits per heavy atom. The second-order valence-electron chi connectivity index (χ2n) is 7.54. The van der Waals surface area contributed by atoms with E-state index in [2.05, 4.69) is 44.6 Å². The molecule has 1 aromatic carbocycles. The first kappa shape index (κ1) is 19.7. The summed E-state index contributed by atoms with van der Waals surface area (Å²) in [6.45, 7) is 2.61. The van der Waals surface area contributed by atoms with Gasteiger partial charge in [-0.1, -0.05) is 24.0 Å². The average Bonchev–Trinajstić information content (AvgIpc) is 3.61. The molecule has 1 saturated carbocycles. The number of aliphatic imine (C=N–C) groups is 1. The van der Waals surface area contributed by atoms with E-state index >= 15 is 0 Å². The molecular formula is C24H24N4O2. The van der Waals surface area contributed by atoms with E-state index in [1.54, 1.807) is 24.7 Å². The van der Waals surface area contributed by atoms with Gasteiger partial charge >= 0.3 is 0 Å².